The molecular weight excluding hydrogens is 324 g/mol. The first-order valence-electron chi connectivity index (χ1n) is 9.42. The molecular formula is C22H28N2O2. The second-order valence-electron chi connectivity index (χ2n) is 7.00. The molecule has 1 aliphatic rings. The largest absolute Gasteiger partial charge is 0.497 e. The second kappa shape index (κ2) is 8.86. The van der Waals surface area contributed by atoms with Crippen molar-refractivity contribution in [1.29, 1.82) is 0 Å². The third-order valence-corrected chi connectivity index (χ3v) is 5.03. The maximum absolute atomic E-state index is 12.5. The molecule has 1 saturated heterocycles. The monoisotopic (exact) mass is 352 g/mol. The SMILES string of the molecule is COc1ccc([C@H](C)NC(=O)c2ccc(CN3CCCCC3)cc2)cc1. The van der Waals surface area contributed by atoms with Crippen molar-refractivity contribution < 1.29 is 9.53 Å². The maximum Gasteiger partial charge on any atom is 0.251 e. The predicted octanol–water partition coefficient (Wildman–Crippen LogP) is 4.17. The first-order chi connectivity index (χ1) is 12.7. The highest BCUT2D eigenvalue weighted by Gasteiger charge is 2.13. The van der Waals surface area contributed by atoms with Gasteiger partial charge < -0.3 is 10.1 Å². The summed E-state index contributed by atoms with van der Waals surface area (Å²) in [4.78, 5) is 15.0. The van der Waals surface area contributed by atoms with Gasteiger partial charge in [-0.2, -0.15) is 0 Å². The fraction of sp³-hybridized carbons (Fsp3) is 0.409. The number of hydrogen-bond donors (Lipinski definition) is 1. The molecule has 1 fully saturated rings. The smallest absolute Gasteiger partial charge is 0.251 e. The van der Waals surface area contributed by atoms with Gasteiger partial charge in [0.1, 0.15) is 5.75 Å². The molecule has 1 heterocycles. The number of carbonyl (C=O) groups excluding carboxylic acids is 1. The molecule has 4 heteroatoms. The molecule has 1 aliphatic heterocycles. The highest BCUT2D eigenvalue weighted by atomic mass is 16.5. The first kappa shape index (κ1) is 18.5. The lowest BCUT2D eigenvalue weighted by molar-refractivity contribution is 0.0940. The van der Waals surface area contributed by atoms with Crippen molar-refractivity contribution in [2.24, 2.45) is 0 Å². The van der Waals surface area contributed by atoms with Gasteiger partial charge in [-0.25, -0.2) is 0 Å². The number of benzene rings is 2. The lowest BCUT2D eigenvalue weighted by Crippen LogP contribution is -2.29. The second-order valence-corrected chi connectivity index (χ2v) is 7.00. The van der Waals surface area contributed by atoms with Crippen molar-refractivity contribution in [1.82, 2.24) is 10.2 Å². The van der Waals surface area contributed by atoms with E-state index in [9.17, 15) is 4.79 Å². The van der Waals surface area contributed by atoms with Crippen LogP contribution >= 0.6 is 0 Å². The van der Waals surface area contributed by atoms with Gasteiger partial charge >= 0.3 is 0 Å². The third kappa shape index (κ3) is 4.85. The van der Waals surface area contributed by atoms with Crippen LogP contribution in [0.2, 0.25) is 0 Å². The highest BCUT2D eigenvalue weighted by molar-refractivity contribution is 5.94. The number of hydrogen-bond acceptors (Lipinski definition) is 3. The Hall–Kier alpha value is -2.33. The number of piperidine rings is 1. The quantitative estimate of drug-likeness (QED) is 0.848. The Morgan fingerprint density at radius 2 is 1.69 bits per heavy atom. The van der Waals surface area contributed by atoms with Gasteiger partial charge in [0.25, 0.3) is 5.91 Å². The molecule has 0 spiro atoms. The van der Waals surface area contributed by atoms with Crippen LogP contribution in [0.4, 0.5) is 0 Å². The van der Waals surface area contributed by atoms with E-state index < -0.39 is 0 Å². The minimum absolute atomic E-state index is 0.0437. The molecule has 26 heavy (non-hydrogen) atoms. The molecule has 1 N–H and O–H groups in total. The number of amides is 1. The van der Waals surface area contributed by atoms with E-state index >= 15 is 0 Å². The van der Waals surface area contributed by atoms with Gasteiger partial charge in [0.2, 0.25) is 0 Å². The minimum Gasteiger partial charge on any atom is -0.497 e. The molecule has 2 aromatic rings. The van der Waals surface area contributed by atoms with Crippen molar-refractivity contribution in [3.63, 3.8) is 0 Å². The van der Waals surface area contributed by atoms with Crippen LogP contribution in [0, 0.1) is 0 Å². The van der Waals surface area contributed by atoms with Gasteiger partial charge in [-0.15, -0.1) is 0 Å². The topological polar surface area (TPSA) is 41.6 Å². The van der Waals surface area contributed by atoms with E-state index in [2.05, 4.69) is 22.3 Å². The predicted molar refractivity (Wildman–Crippen MR) is 104 cm³/mol. The Labute approximate surface area is 156 Å². The summed E-state index contributed by atoms with van der Waals surface area (Å²) in [7, 11) is 1.65. The molecule has 0 aromatic heterocycles. The molecule has 3 rings (SSSR count). The Balaban J connectivity index is 1.56. The Morgan fingerprint density at radius 1 is 1.04 bits per heavy atom. The number of likely N-dealkylation sites (tertiary alicyclic amines) is 1. The van der Waals surface area contributed by atoms with E-state index in [1.165, 1.54) is 37.9 Å². The summed E-state index contributed by atoms with van der Waals surface area (Å²) < 4.78 is 5.17. The van der Waals surface area contributed by atoms with Gasteiger partial charge in [-0.05, 0) is 68.2 Å². The van der Waals surface area contributed by atoms with Gasteiger partial charge in [0.05, 0.1) is 13.2 Å². The lowest BCUT2D eigenvalue weighted by Gasteiger charge is -2.26. The van der Waals surface area contributed by atoms with E-state index in [4.69, 9.17) is 4.74 Å². The average Bonchev–Trinajstić information content (AvgIpc) is 2.69. The number of rotatable bonds is 6. The van der Waals surface area contributed by atoms with Crippen molar-refractivity contribution in [3.8, 4) is 5.75 Å². The van der Waals surface area contributed by atoms with Crippen LogP contribution < -0.4 is 10.1 Å². The lowest BCUT2D eigenvalue weighted by atomic mass is 10.1. The van der Waals surface area contributed by atoms with E-state index in [1.807, 2.05) is 43.3 Å². The standard InChI is InChI=1S/C22H28N2O2/c1-17(19-10-12-21(26-2)13-11-19)23-22(25)20-8-6-18(7-9-20)16-24-14-4-3-5-15-24/h6-13,17H,3-5,14-16H2,1-2H3,(H,23,25)/t17-/m0/s1. The fourth-order valence-corrected chi connectivity index (χ4v) is 3.39. The van der Waals surface area contributed by atoms with E-state index in [1.54, 1.807) is 7.11 Å². The van der Waals surface area contributed by atoms with Crippen molar-refractivity contribution in [2.75, 3.05) is 20.2 Å². The molecule has 0 radical (unpaired) electrons. The number of carbonyl (C=O) groups is 1. The highest BCUT2D eigenvalue weighted by Crippen LogP contribution is 2.18. The molecule has 1 atom stereocenters. The van der Waals surface area contributed by atoms with E-state index in [-0.39, 0.29) is 11.9 Å². The van der Waals surface area contributed by atoms with Gasteiger partial charge in [-0.1, -0.05) is 30.7 Å². The van der Waals surface area contributed by atoms with Crippen LogP contribution in [0.1, 0.15) is 53.7 Å². The Morgan fingerprint density at radius 3 is 2.31 bits per heavy atom. The molecule has 0 bridgehead atoms. The van der Waals surface area contributed by atoms with Gasteiger partial charge in [0.15, 0.2) is 0 Å². The molecule has 4 nitrogen and oxygen atoms in total. The van der Waals surface area contributed by atoms with Crippen LogP contribution in [0.25, 0.3) is 0 Å². The Bertz CT molecular complexity index is 704. The molecule has 0 saturated carbocycles. The fourth-order valence-electron chi connectivity index (χ4n) is 3.39. The van der Waals surface area contributed by atoms with Crippen LogP contribution in [0.5, 0.6) is 5.75 Å². The number of ether oxygens (including phenoxy) is 1. The van der Waals surface area contributed by atoms with Crippen LogP contribution in [0.3, 0.4) is 0 Å². The molecule has 0 unspecified atom stereocenters. The van der Waals surface area contributed by atoms with Gasteiger partial charge in [0, 0.05) is 12.1 Å². The zero-order valence-corrected chi connectivity index (χ0v) is 15.7. The maximum atomic E-state index is 12.5. The first-order valence-corrected chi connectivity index (χ1v) is 9.42. The van der Waals surface area contributed by atoms with Crippen molar-refractivity contribution in [3.05, 3.63) is 65.2 Å². The third-order valence-electron chi connectivity index (χ3n) is 5.03. The minimum atomic E-state index is -0.0542. The molecule has 138 valence electrons. The summed E-state index contributed by atoms with van der Waals surface area (Å²) in [6.07, 6.45) is 3.94. The number of nitrogens with zero attached hydrogens (tertiary/aromatic N) is 1. The van der Waals surface area contributed by atoms with Gasteiger partial charge in [-0.3, -0.25) is 9.69 Å². The normalized spacial score (nSPS) is 16.1. The summed E-state index contributed by atoms with van der Waals surface area (Å²) in [6.45, 7) is 5.33. The molecule has 0 aliphatic carbocycles. The summed E-state index contributed by atoms with van der Waals surface area (Å²) in [5.74, 6) is 0.773. The van der Waals surface area contributed by atoms with Crippen molar-refractivity contribution >= 4 is 5.91 Å². The summed E-state index contributed by atoms with van der Waals surface area (Å²) in [5, 5.41) is 3.06. The number of nitrogens with one attached hydrogen (secondary N) is 1. The average molecular weight is 352 g/mol. The number of methoxy groups -OCH3 is 1. The van der Waals surface area contributed by atoms with Crippen molar-refractivity contribution in [2.45, 2.75) is 38.8 Å². The summed E-state index contributed by atoms with van der Waals surface area (Å²) in [6, 6.07) is 15.7. The van der Waals surface area contributed by atoms with Crippen LogP contribution in [-0.2, 0) is 6.54 Å². The summed E-state index contributed by atoms with van der Waals surface area (Å²) in [5.41, 5.74) is 3.03. The molecule has 2 aromatic carbocycles. The zero-order valence-electron chi connectivity index (χ0n) is 15.7. The summed E-state index contributed by atoms with van der Waals surface area (Å²) >= 11 is 0. The van der Waals surface area contributed by atoms with E-state index in [0.29, 0.717) is 5.56 Å². The Kier molecular flexibility index (Phi) is 6.29. The molecule has 1 amide bonds. The zero-order chi connectivity index (χ0) is 18.4. The van der Waals surface area contributed by atoms with Crippen LogP contribution in [0.15, 0.2) is 48.5 Å². The van der Waals surface area contributed by atoms with E-state index in [0.717, 1.165) is 17.9 Å². The van der Waals surface area contributed by atoms with Crippen LogP contribution in [-0.4, -0.2) is 31.0 Å².